The van der Waals surface area contributed by atoms with Crippen LogP contribution in [0.2, 0.25) is 0 Å². The van der Waals surface area contributed by atoms with E-state index < -0.39 is 0 Å². The molecule has 1 heterocycles. The van der Waals surface area contributed by atoms with Gasteiger partial charge in [0.1, 0.15) is 5.75 Å². The van der Waals surface area contributed by atoms with Crippen molar-refractivity contribution >= 4 is 11.6 Å². The summed E-state index contributed by atoms with van der Waals surface area (Å²) in [5.74, 6) is 0.669. The van der Waals surface area contributed by atoms with Crippen LogP contribution in [0.1, 0.15) is 17.3 Å². The van der Waals surface area contributed by atoms with Crippen molar-refractivity contribution in [1.82, 2.24) is 4.98 Å². The number of carbonyl (C=O) groups is 1. The molecule has 0 bridgehead atoms. The molecule has 0 aliphatic heterocycles. The number of rotatable bonds is 4. The lowest BCUT2D eigenvalue weighted by Gasteiger charge is -2.06. The van der Waals surface area contributed by atoms with Crippen LogP contribution in [0.5, 0.6) is 5.75 Å². The Morgan fingerprint density at radius 3 is 2.65 bits per heavy atom. The lowest BCUT2D eigenvalue weighted by Crippen LogP contribution is -2.10. The van der Waals surface area contributed by atoms with Gasteiger partial charge in [-0.3, -0.25) is 4.79 Å². The number of aromatic nitrogens is 1. The van der Waals surface area contributed by atoms with E-state index >= 15 is 0 Å². The largest absolute Gasteiger partial charge is 0.494 e. The van der Waals surface area contributed by atoms with Gasteiger partial charge in [-0.2, -0.15) is 0 Å². The average Bonchev–Trinajstić information content (AvgIpc) is 2.86. The zero-order valence-corrected chi connectivity index (χ0v) is 9.57. The highest BCUT2D eigenvalue weighted by Crippen LogP contribution is 2.16. The molecule has 1 amide bonds. The van der Waals surface area contributed by atoms with E-state index in [0.717, 1.165) is 11.4 Å². The smallest absolute Gasteiger partial charge is 0.257 e. The van der Waals surface area contributed by atoms with Crippen LogP contribution in [-0.2, 0) is 0 Å². The van der Waals surface area contributed by atoms with Crippen molar-refractivity contribution in [3.63, 3.8) is 0 Å². The molecule has 0 saturated carbocycles. The van der Waals surface area contributed by atoms with Gasteiger partial charge in [-0.25, -0.2) is 0 Å². The van der Waals surface area contributed by atoms with Crippen molar-refractivity contribution < 1.29 is 9.53 Å². The Morgan fingerprint density at radius 1 is 1.29 bits per heavy atom. The first kappa shape index (κ1) is 11.3. The monoisotopic (exact) mass is 230 g/mol. The topological polar surface area (TPSA) is 54.1 Å². The highest BCUT2D eigenvalue weighted by atomic mass is 16.5. The first-order chi connectivity index (χ1) is 8.29. The minimum absolute atomic E-state index is 0.129. The van der Waals surface area contributed by atoms with E-state index in [4.69, 9.17) is 4.74 Å². The highest BCUT2D eigenvalue weighted by Gasteiger charge is 2.05. The molecule has 0 fully saturated rings. The third-order valence-corrected chi connectivity index (χ3v) is 2.28. The number of amides is 1. The summed E-state index contributed by atoms with van der Waals surface area (Å²) < 4.78 is 5.32. The number of carbonyl (C=O) groups excluding carboxylic acids is 1. The number of anilines is 1. The van der Waals surface area contributed by atoms with Crippen LogP contribution < -0.4 is 10.1 Å². The van der Waals surface area contributed by atoms with E-state index in [1.165, 1.54) is 0 Å². The second kappa shape index (κ2) is 5.21. The SMILES string of the molecule is CCOc1ccc(NC(=O)c2cc[nH]c2)cc1. The van der Waals surface area contributed by atoms with E-state index in [0.29, 0.717) is 12.2 Å². The lowest BCUT2D eigenvalue weighted by molar-refractivity contribution is 0.102. The van der Waals surface area contributed by atoms with Crippen LogP contribution in [0.4, 0.5) is 5.69 Å². The maximum absolute atomic E-state index is 11.7. The van der Waals surface area contributed by atoms with Gasteiger partial charge in [0.2, 0.25) is 0 Å². The highest BCUT2D eigenvalue weighted by molar-refractivity contribution is 6.04. The Hall–Kier alpha value is -2.23. The van der Waals surface area contributed by atoms with Crippen molar-refractivity contribution in [1.29, 1.82) is 0 Å². The molecule has 0 aliphatic rings. The molecule has 0 radical (unpaired) electrons. The normalized spacial score (nSPS) is 9.94. The van der Waals surface area contributed by atoms with Gasteiger partial charge in [0.05, 0.1) is 12.2 Å². The van der Waals surface area contributed by atoms with E-state index in [-0.39, 0.29) is 5.91 Å². The van der Waals surface area contributed by atoms with E-state index in [1.54, 1.807) is 18.5 Å². The molecule has 0 aliphatic carbocycles. The predicted octanol–water partition coefficient (Wildman–Crippen LogP) is 2.67. The van der Waals surface area contributed by atoms with Gasteiger partial charge in [-0.15, -0.1) is 0 Å². The number of aromatic amines is 1. The first-order valence-corrected chi connectivity index (χ1v) is 5.46. The second-order valence-electron chi connectivity index (χ2n) is 3.51. The quantitative estimate of drug-likeness (QED) is 0.848. The first-order valence-electron chi connectivity index (χ1n) is 5.46. The molecular weight excluding hydrogens is 216 g/mol. The molecule has 0 spiro atoms. The van der Waals surface area contributed by atoms with Crippen molar-refractivity contribution in [2.45, 2.75) is 6.92 Å². The van der Waals surface area contributed by atoms with E-state index in [2.05, 4.69) is 10.3 Å². The number of nitrogens with one attached hydrogen (secondary N) is 2. The number of hydrogen-bond acceptors (Lipinski definition) is 2. The fraction of sp³-hybridized carbons (Fsp3) is 0.154. The second-order valence-corrected chi connectivity index (χ2v) is 3.51. The summed E-state index contributed by atoms with van der Waals surface area (Å²) in [6.45, 7) is 2.57. The summed E-state index contributed by atoms with van der Waals surface area (Å²) >= 11 is 0. The van der Waals surface area contributed by atoms with Gasteiger partial charge in [-0.1, -0.05) is 0 Å². The Bertz CT molecular complexity index is 475. The zero-order chi connectivity index (χ0) is 12.1. The van der Waals surface area contributed by atoms with Gasteiger partial charge >= 0.3 is 0 Å². The molecule has 17 heavy (non-hydrogen) atoms. The maximum atomic E-state index is 11.7. The van der Waals surface area contributed by atoms with Crippen LogP contribution >= 0.6 is 0 Å². The minimum atomic E-state index is -0.129. The average molecular weight is 230 g/mol. The van der Waals surface area contributed by atoms with Crippen LogP contribution in [-0.4, -0.2) is 17.5 Å². The summed E-state index contributed by atoms with van der Waals surface area (Å²) in [7, 11) is 0. The Morgan fingerprint density at radius 2 is 2.06 bits per heavy atom. The fourth-order valence-corrected chi connectivity index (χ4v) is 1.47. The summed E-state index contributed by atoms with van der Waals surface area (Å²) in [5.41, 5.74) is 1.36. The van der Waals surface area contributed by atoms with Gasteiger partial charge in [0.25, 0.3) is 5.91 Å². The molecule has 4 nitrogen and oxygen atoms in total. The molecule has 1 aromatic carbocycles. The standard InChI is InChI=1S/C13H14N2O2/c1-2-17-12-5-3-11(4-6-12)15-13(16)10-7-8-14-9-10/h3-9,14H,2H2,1H3,(H,15,16). The molecule has 2 aromatic rings. The summed E-state index contributed by atoms with van der Waals surface area (Å²) in [6, 6.07) is 9.02. The molecule has 88 valence electrons. The molecular formula is C13H14N2O2. The van der Waals surface area contributed by atoms with Crippen molar-refractivity contribution in [2.24, 2.45) is 0 Å². The van der Waals surface area contributed by atoms with Crippen molar-refractivity contribution in [2.75, 3.05) is 11.9 Å². The Balaban J connectivity index is 2.01. The molecule has 0 saturated heterocycles. The lowest BCUT2D eigenvalue weighted by atomic mass is 10.2. The van der Waals surface area contributed by atoms with Gasteiger partial charge in [0.15, 0.2) is 0 Å². The van der Waals surface area contributed by atoms with Gasteiger partial charge < -0.3 is 15.0 Å². The van der Waals surface area contributed by atoms with E-state index in [9.17, 15) is 4.79 Å². The van der Waals surface area contributed by atoms with Crippen molar-refractivity contribution in [3.05, 3.63) is 48.3 Å². The molecule has 1 aromatic heterocycles. The van der Waals surface area contributed by atoms with Crippen molar-refractivity contribution in [3.8, 4) is 5.75 Å². The summed E-state index contributed by atoms with van der Waals surface area (Å²) in [5, 5.41) is 2.80. The number of benzene rings is 1. The Kier molecular flexibility index (Phi) is 3.45. The van der Waals surface area contributed by atoms with E-state index in [1.807, 2.05) is 31.2 Å². The number of H-pyrrole nitrogens is 1. The third-order valence-electron chi connectivity index (χ3n) is 2.28. The molecule has 0 atom stereocenters. The van der Waals surface area contributed by atoms with Crippen LogP contribution in [0.15, 0.2) is 42.7 Å². The number of ether oxygens (including phenoxy) is 1. The fourth-order valence-electron chi connectivity index (χ4n) is 1.47. The van der Waals surface area contributed by atoms with Gasteiger partial charge in [0, 0.05) is 18.1 Å². The molecule has 2 rings (SSSR count). The minimum Gasteiger partial charge on any atom is -0.494 e. The van der Waals surface area contributed by atoms with Crippen LogP contribution in [0, 0.1) is 0 Å². The summed E-state index contributed by atoms with van der Waals surface area (Å²) in [6.07, 6.45) is 3.37. The predicted molar refractivity (Wildman–Crippen MR) is 66.4 cm³/mol. The molecule has 0 unspecified atom stereocenters. The zero-order valence-electron chi connectivity index (χ0n) is 9.57. The third kappa shape index (κ3) is 2.87. The molecule has 2 N–H and O–H groups in total. The van der Waals surface area contributed by atoms with Crippen LogP contribution in [0.3, 0.4) is 0 Å². The maximum Gasteiger partial charge on any atom is 0.257 e. The number of hydrogen-bond donors (Lipinski definition) is 2. The molecule has 4 heteroatoms. The summed E-state index contributed by atoms with van der Waals surface area (Å²) in [4.78, 5) is 14.6. The van der Waals surface area contributed by atoms with Crippen LogP contribution in [0.25, 0.3) is 0 Å². The van der Waals surface area contributed by atoms with Gasteiger partial charge in [-0.05, 0) is 37.3 Å². The Labute approximate surface area is 99.6 Å².